The highest BCUT2D eigenvalue weighted by Crippen LogP contribution is 2.28. The van der Waals surface area contributed by atoms with E-state index in [-0.39, 0.29) is 5.91 Å². The van der Waals surface area contributed by atoms with Crippen LogP contribution in [-0.2, 0) is 0 Å². The fraction of sp³-hybridized carbons (Fsp3) is 0.294. The van der Waals surface area contributed by atoms with E-state index < -0.39 is 0 Å². The molecule has 3 aromatic rings. The highest BCUT2D eigenvalue weighted by Gasteiger charge is 2.26. The largest absolute Gasteiger partial charge is 0.337 e. The Bertz CT molecular complexity index is 825. The Kier molecular flexibility index (Phi) is 3.75. The van der Waals surface area contributed by atoms with Crippen molar-refractivity contribution in [3.63, 3.8) is 0 Å². The number of likely N-dealkylation sites (tertiary alicyclic amines) is 1. The minimum absolute atomic E-state index is 0.0397. The molecule has 0 radical (unpaired) electrons. The summed E-state index contributed by atoms with van der Waals surface area (Å²) in [6.07, 6.45) is 3.64. The molecule has 4 heterocycles. The number of thiazole rings is 1. The lowest BCUT2D eigenvalue weighted by Gasteiger charge is -2.31. The molecule has 0 aliphatic carbocycles. The lowest BCUT2D eigenvalue weighted by atomic mass is 9.92. The SMILES string of the molecule is O=C(c1cscn1)N1CCC(c2ccc3cccnc3n2)CC1. The van der Waals surface area contributed by atoms with Crippen molar-refractivity contribution in [3.8, 4) is 0 Å². The Morgan fingerprint density at radius 2 is 2.04 bits per heavy atom. The molecule has 0 saturated carbocycles. The van der Waals surface area contributed by atoms with Crippen molar-refractivity contribution in [1.82, 2.24) is 19.9 Å². The van der Waals surface area contributed by atoms with E-state index in [1.54, 1.807) is 11.7 Å². The van der Waals surface area contributed by atoms with Gasteiger partial charge in [0, 0.05) is 41.7 Å². The summed E-state index contributed by atoms with van der Waals surface area (Å²) in [4.78, 5) is 27.4. The molecule has 0 spiro atoms. The number of aromatic nitrogens is 3. The van der Waals surface area contributed by atoms with Crippen LogP contribution in [0.3, 0.4) is 0 Å². The zero-order valence-electron chi connectivity index (χ0n) is 12.6. The monoisotopic (exact) mass is 324 g/mol. The van der Waals surface area contributed by atoms with Gasteiger partial charge in [-0.05, 0) is 37.1 Å². The molecule has 0 N–H and O–H groups in total. The van der Waals surface area contributed by atoms with Crippen molar-refractivity contribution in [3.05, 3.63) is 52.7 Å². The first kappa shape index (κ1) is 14.3. The standard InChI is InChI=1S/C17H16N4OS/c22-17(15-10-23-11-19-15)21-8-5-12(6-9-21)14-4-3-13-2-1-7-18-16(13)20-14/h1-4,7,10-12H,5-6,8-9H2. The molecule has 0 unspecified atom stereocenters. The van der Waals surface area contributed by atoms with E-state index in [0.717, 1.165) is 42.7 Å². The van der Waals surface area contributed by atoms with E-state index in [0.29, 0.717) is 11.6 Å². The van der Waals surface area contributed by atoms with Gasteiger partial charge in [0.2, 0.25) is 0 Å². The fourth-order valence-electron chi connectivity index (χ4n) is 3.05. The maximum Gasteiger partial charge on any atom is 0.273 e. The van der Waals surface area contributed by atoms with Crippen molar-refractivity contribution in [1.29, 1.82) is 0 Å². The van der Waals surface area contributed by atoms with Crippen molar-refractivity contribution in [2.24, 2.45) is 0 Å². The normalized spacial score (nSPS) is 15.9. The van der Waals surface area contributed by atoms with Crippen molar-refractivity contribution in [2.75, 3.05) is 13.1 Å². The van der Waals surface area contributed by atoms with Gasteiger partial charge < -0.3 is 4.90 Å². The molecule has 0 aromatic carbocycles. The zero-order valence-corrected chi connectivity index (χ0v) is 13.4. The zero-order chi connectivity index (χ0) is 15.6. The molecule has 3 aromatic heterocycles. The number of hydrogen-bond donors (Lipinski definition) is 0. The molecule has 0 bridgehead atoms. The Morgan fingerprint density at radius 1 is 1.17 bits per heavy atom. The Morgan fingerprint density at radius 3 is 2.83 bits per heavy atom. The maximum atomic E-state index is 12.3. The van der Waals surface area contributed by atoms with Crippen LogP contribution in [0.2, 0.25) is 0 Å². The van der Waals surface area contributed by atoms with Crippen LogP contribution in [0.1, 0.15) is 34.9 Å². The van der Waals surface area contributed by atoms with Crippen LogP contribution >= 0.6 is 11.3 Å². The van der Waals surface area contributed by atoms with Gasteiger partial charge in [0.15, 0.2) is 5.65 Å². The second-order valence-electron chi connectivity index (χ2n) is 5.73. The van der Waals surface area contributed by atoms with E-state index in [1.165, 1.54) is 11.3 Å². The lowest BCUT2D eigenvalue weighted by Crippen LogP contribution is -2.38. The molecular formula is C17H16N4OS. The molecule has 4 rings (SSSR count). The summed E-state index contributed by atoms with van der Waals surface area (Å²) in [7, 11) is 0. The molecule has 1 fully saturated rings. The Hall–Kier alpha value is -2.34. The molecule has 23 heavy (non-hydrogen) atoms. The quantitative estimate of drug-likeness (QED) is 0.727. The van der Waals surface area contributed by atoms with E-state index in [1.807, 2.05) is 22.4 Å². The van der Waals surface area contributed by atoms with Crippen LogP contribution < -0.4 is 0 Å². The number of amides is 1. The minimum Gasteiger partial charge on any atom is -0.337 e. The second-order valence-corrected chi connectivity index (χ2v) is 6.45. The van der Waals surface area contributed by atoms with Crippen LogP contribution in [0, 0.1) is 0 Å². The van der Waals surface area contributed by atoms with Gasteiger partial charge in [-0.15, -0.1) is 11.3 Å². The summed E-state index contributed by atoms with van der Waals surface area (Å²) in [5.74, 6) is 0.429. The molecule has 1 aliphatic heterocycles. The molecule has 1 aliphatic rings. The molecule has 1 saturated heterocycles. The molecule has 6 heteroatoms. The fourth-order valence-corrected chi connectivity index (χ4v) is 3.58. The molecule has 5 nitrogen and oxygen atoms in total. The highest BCUT2D eigenvalue weighted by molar-refractivity contribution is 7.07. The van der Waals surface area contributed by atoms with Crippen molar-refractivity contribution in [2.45, 2.75) is 18.8 Å². The van der Waals surface area contributed by atoms with Crippen molar-refractivity contribution >= 4 is 28.3 Å². The van der Waals surface area contributed by atoms with Gasteiger partial charge in [-0.2, -0.15) is 0 Å². The van der Waals surface area contributed by atoms with Gasteiger partial charge in [0.25, 0.3) is 5.91 Å². The van der Waals surface area contributed by atoms with Gasteiger partial charge in [-0.1, -0.05) is 0 Å². The number of fused-ring (bicyclic) bond motifs is 1. The van der Waals surface area contributed by atoms with Crippen LogP contribution in [0.4, 0.5) is 0 Å². The topological polar surface area (TPSA) is 59.0 Å². The number of piperidine rings is 1. The Balaban J connectivity index is 1.47. The summed E-state index contributed by atoms with van der Waals surface area (Å²) in [5, 5.41) is 2.87. The first-order chi connectivity index (χ1) is 11.3. The average Bonchev–Trinajstić information content (AvgIpc) is 3.15. The van der Waals surface area contributed by atoms with E-state index >= 15 is 0 Å². The van der Waals surface area contributed by atoms with Gasteiger partial charge in [-0.25, -0.2) is 15.0 Å². The predicted molar refractivity (Wildman–Crippen MR) is 89.5 cm³/mol. The third-order valence-corrected chi connectivity index (χ3v) is 4.92. The molecule has 1 amide bonds. The number of rotatable bonds is 2. The van der Waals surface area contributed by atoms with Gasteiger partial charge in [-0.3, -0.25) is 4.79 Å². The summed E-state index contributed by atoms with van der Waals surface area (Å²) >= 11 is 1.45. The highest BCUT2D eigenvalue weighted by atomic mass is 32.1. The average molecular weight is 324 g/mol. The van der Waals surface area contributed by atoms with Gasteiger partial charge in [0.1, 0.15) is 5.69 Å². The summed E-state index contributed by atoms with van der Waals surface area (Å²) in [6, 6.07) is 8.12. The van der Waals surface area contributed by atoms with Gasteiger partial charge in [0.05, 0.1) is 5.51 Å². The lowest BCUT2D eigenvalue weighted by molar-refractivity contribution is 0.0707. The second kappa shape index (κ2) is 6.04. The number of carbonyl (C=O) groups is 1. The van der Waals surface area contributed by atoms with Crippen molar-refractivity contribution < 1.29 is 4.79 Å². The Labute approximate surface area is 138 Å². The molecular weight excluding hydrogens is 308 g/mol. The number of hydrogen-bond acceptors (Lipinski definition) is 5. The first-order valence-electron chi connectivity index (χ1n) is 7.70. The van der Waals surface area contributed by atoms with E-state index in [9.17, 15) is 4.79 Å². The van der Waals surface area contributed by atoms with Crippen LogP contribution in [0.15, 0.2) is 41.4 Å². The smallest absolute Gasteiger partial charge is 0.273 e. The molecule has 0 atom stereocenters. The third-order valence-electron chi connectivity index (χ3n) is 4.34. The number of nitrogens with zero attached hydrogens (tertiary/aromatic N) is 4. The third kappa shape index (κ3) is 2.82. The summed E-state index contributed by atoms with van der Waals surface area (Å²) in [6.45, 7) is 1.51. The number of carbonyl (C=O) groups excluding carboxylic acids is 1. The van der Waals surface area contributed by atoms with Crippen LogP contribution in [0.25, 0.3) is 11.0 Å². The first-order valence-corrected chi connectivity index (χ1v) is 8.65. The number of pyridine rings is 2. The van der Waals surface area contributed by atoms with Crippen LogP contribution in [-0.4, -0.2) is 38.8 Å². The maximum absolute atomic E-state index is 12.3. The summed E-state index contributed by atoms with van der Waals surface area (Å²) < 4.78 is 0. The summed E-state index contributed by atoms with van der Waals surface area (Å²) in [5.41, 5.74) is 4.14. The van der Waals surface area contributed by atoms with E-state index in [2.05, 4.69) is 22.1 Å². The van der Waals surface area contributed by atoms with Crippen LogP contribution in [0.5, 0.6) is 0 Å². The predicted octanol–water partition coefficient (Wildman–Crippen LogP) is 3.11. The van der Waals surface area contributed by atoms with E-state index in [4.69, 9.17) is 4.98 Å². The molecule has 116 valence electrons. The minimum atomic E-state index is 0.0397. The van der Waals surface area contributed by atoms with Gasteiger partial charge >= 0.3 is 0 Å².